The van der Waals surface area contributed by atoms with Crippen LogP contribution in [0, 0.1) is 10.1 Å². The van der Waals surface area contributed by atoms with E-state index in [1.54, 1.807) is 23.7 Å². The standard InChI is InChI=1S/C19H26N6O3S/c1-23-14-21-22-19(23)29-17-8-7-15(13-16(17)25(27)28)18(26)20-9-6-12-24-10-4-2-3-5-11-24/h7-8,13-14H,2-6,9-12H2,1H3,(H,20,26). The Labute approximate surface area is 174 Å². The van der Waals surface area contributed by atoms with E-state index in [-0.39, 0.29) is 17.2 Å². The molecule has 1 N–H and O–H groups in total. The Kier molecular flexibility index (Phi) is 7.59. The third-order valence-electron chi connectivity index (χ3n) is 4.92. The highest BCUT2D eigenvalue weighted by Crippen LogP contribution is 2.34. The maximum atomic E-state index is 12.4. The van der Waals surface area contributed by atoms with Gasteiger partial charge in [0.1, 0.15) is 6.33 Å². The minimum absolute atomic E-state index is 0.116. The lowest BCUT2D eigenvalue weighted by molar-refractivity contribution is -0.387. The van der Waals surface area contributed by atoms with E-state index in [0.717, 1.165) is 37.8 Å². The summed E-state index contributed by atoms with van der Waals surface area (Å²) in [7, 11) is 1.77. The van der Waals surface area contributed by atoms with Crippen LogP contribution in [0.15, 0.2) is 34.6 Å². The molecule has 9 nitrogen and oxygen atoms in total. The van der Waals surface area contributed by atoms with Crippen molar-refractivity contribution in [3.8, 4) is 0 Å². The molecule has 0 atom stereocenters. The molecule has 10 heteroatoms. The maximum Gasteiger partial charge on any atom is 0.284 e. The Hall–Kier alpha value is -2.46. The molecule has 1 saturated heterocycles. The van der Waals surface area contributed by atoms with Crippen LogP contribution in [0.5, 0.6) is 0 Å². The van der Waals surface area contributed by atoms with E-state index in [0.29, 0.717) is 16.6 Å². The van der Waals surface area contributed by atoms with E-state index in [1.807, 2.05) is 0 Å². The number of nitrogens with one attached hydrogen (secondary N) is 1. The lowest BCUT2D eigenvalue weighted by atomic mass is 10.2. The van der Waals surface area contributed by atoms with Crippen molar-refractivity contribution in [2.24, 2.45) is 7.05 Å². The molecule has 2 aromatic rings. The number of hydrogen-bond donors (Lipinski definition) is 1. The molecule has 0 unspecified atom stereocenters. The predicted octanol–water partition coefficient (Wildman–Crippen LogP) is 2.87. The quantitative estimate of drug-likeness (QED) is 0.399. The van der Waals surface area contributed by atoms with Gasteiger partial charge in [0, 0.05) is 25.2 Å². The van der Waals surface area contributed by atoms with Gasteiger partial charge in [-0.05, 0) is 62.8 Å². The van der Waals surface area contributed by atoms with Crippen molar-refractivity contribution in [3.05, 3.63) is 40.2 Å². The van der Waals surface area contributed by atoms with Crippen LogP contribution >= 0.6 is 11.8 Å². The van der Waals surface area contributed by atoms with Gasteiger partial charge in [-0.1, -0.05) is 12.8 Å². The fourth-order valence-corrected chi connectivity index (χ4v) is 4.17. The highest BCUT2D eigenvalue weighted by atomic mass is 32.2. The zero-order valence-corrected chi connectivity index (χ0v) is 17.4. The molecule has 1 aliphatic rings. The Morgan fingerprint density at radius 3 is 2.69 bits per heavy atom. The van der Waals surface area contributed by atoms with E-state index >= 15 is 0 Å². The second-order valence-electron chi connectivity index (χ2n) is 7.13. The second kappa shape index (κ2) is 10.4. The Bertz CT molecular complexity index is 848. The highest BCUT2D eigenvalue weighted by Gasteiger charge is 2.20. The Balaban J connectivity index is 1.56. The van der Waals surface area contributed by atoms with E-state index in [2.05, 4.69) is 20.4 Å². The number of carbonyl (C=O) groups is 1. The number of nitro groups is 1. The lowest BCUT2D eigenvalue weighted by Crippen LogP contribution is -2.30. The molecular formula is C19H26N6O3S. The first-order chi connectivity index (χ1) is 14.0. The largest absolute Gasteiger partial charge is 0.352 e. The summed E-state index contributed by atoms with van der Waals surface area (Å²) in [5, 5.41) is 22.6. The highest BCUT2D eigenvalue weighted by molar-refractivity contribution is 7.99. The van der Waals surface area contributed by atoms with Gasteiger partial charge in [0.05, 0.1) is 9.82 Å². The number of amides is 1. The van der Waals surface area contributed by atoms with Crippen LogP contribution in [-0.2, 0) is 7.05 Å². The van der Waals surface area contributed by atoms with Crippen molar-refractivity contribution in [1.82, 2.24) is 25.0 Å². The molecule has 0 saturated carbocycles. The molecule has 1 fully saturated rings. The Morgan fingerprint density at radius 2 is 2.03 bits per heavy atom. The molecule has 3 rings (SSSR count). The van der Waals surface area contributed by atoms with Crippen LogP contribution in [0.3, 0.4) is 0 Å². The average molecular weight is 419 g/mol. The molecule has 156 valence electrons. The number of nitrogens with zero attached hydrogens (tertiary/aromatic N) is 5. The van der Waals surface area contributed by atoms with Gasteiger partial charge in [0.2, 0.25) is 0 Å². The molecule has 0 aliphatic carbocycles. The maximum absolute atomic E-state index is 12.4. The van der Waals surface area contributed by atoms with Crippen LogP contribution in [0.1, 0.15) is 42.5 Å². The number of aryl methyl sites for hydroxylation is 1. The first kappa shape index (κ1) is 21.3. The summed E-state index contributed by atoms with van der Waals surface area (Å²) in [5.41, 5.74) is 0.170. The third kappa shape index (κ3) is 6.01. The number of carbonyl (C=O) groups excluding carboxylic acids is 1. The van der Waals surface area contributed by atoms with Crippen molar-refractivity contribution in [2.45, 2.75) is 42.2 Å². The van der Waals surface area contributed by atoms with E-state index in [9.17, 15) is 14.9 Å². The molecule has 0 radical (unpaired) electrons. The molecule has 0 spiro atoms. The van der Waals surface area contributed by atoms with Crippen LogP contribution in [0.4, 0.5) is 5.69 Å². The van der Waals surface area contributed by atoms with Gasteiger partial charge >= 0.3 is 0 Å². The molecule has 1 aromatic heterocycles. The zero-order valence-electron chi connectivity index (χ0n) is 16.5. The molecule has 1 amide bonds. The monoisotopic (exact) mass is 418 g/mol. The van der Waals surface area contributed by atoms with Gasteiger partial charge in [-0.15, -0.1) is 10.2 Å². The predicted molar refractivity (Wildman–Crippen MR) is 110 cm³/mol. The fourth-order valence-electron chi connectivity index (χ4n) is 3.32. The summed E-state index contributed by atoms with van der Waals surface area (Å²) < 4.78 is 1.68. The van der Waals surface area contributed by atoms with Crippen molar-refractivity contribution in [2.75, 3.05) is 26.2 Å². The summed E-state index contributed by atoms with van der Waals surface area (Å²) in [6.07, 6.45) is 7.49. The molecule has 1 aromatic carbocycles. The normalized spacial score (nSPS) is 15.1. The molecular weight excluding hydrogens is 392 g/mol. The van der Waals surface area contributed by atoms with E-state index in [4.69, 9.17) is 0 Å². The second-order valence-corrected chi connectivity index (χ2v) is 8.14. The molecule has 29 heavy (non-hydrogen) atoms. The summed E-state index contributed by atoms with van der Waals surface area (Å²) in [6, 6.07) is 4.52. The summed E-state index contributed by atoms with van der Waals surface area (Å²) in [4.78, 5) is 26.3. The summed E-state index contributed by atoms with van der Waals surface area (Å²) in [6.45, 7) is 3.78. The fraction of sp³-hybridized carbons (Fsp3) is 0.526. The van der Waals surface area contributed by atoms with Gasteiger partial charge in [0.25, 0.3) is 11.6 Å². The summed E-state index contributed by atoms with van der Waals surface area (Å²) >= 11 is 1.15. The van der Waals surface area contributed by atoms with Crippen molar-refractivity contribution in [1.29, 1.82) is 0 Å². The zero-order chi connectivity index (χ0) is 20.6. The van der Waals surface area contributed by atoms with Gasteiger partial charge in [-0.3, -0.25) is 14.9 Å². The number of rotatable bonds is 8. The van der Waals surface area contributed by atoms with Crippen LogP contribution in [-0.4, -0.2) is 56.7 Å². The minimum atomic E-state index is -0.477. The van der Waals surface area contributed by atoms with E-state index in [1.165, 1.54) is 38.1 Å². The van der Waals surface area contributed by atoms with Crippen LogP contribution < -0.4 is 5.32 Å². The molecule has 2 heterocycles. The number of aromatic nitrogens is 3. The smallest absolute Gasteiger partial charge is 0.284 e. The van der Waals surface area contributed by atoms with Crippen LogP contribution in [0.2, 0.25) is 0 Å². The van der Waals surface area contributed by atoms with Gasteiger partial charge < -0.3 is 14.8 Å². The topological polar surface area (TPSA) is 106 Å². The first-order valence-electron chi connectivity index (χ1n) is 9.85. The average Bonchev–Trinajstić information content (AvgIpc) is 2.94. The summed E-state index contributed by atoms with van der Waals surface area (Å²) in [5.74, 6) is -0.292. The van der Waals surface area contributed by atoms with Crippen LogP contribution in [0.25, 0.3) is 0 Å². The first-order valence-corrected chi connectivity index (χ1v) is 10.7. The number of hydrogen-bond acceptors (Lipinski definition) is 7. The van der Waals surface area contributed by atoms with Gasteiger partial charge in [0.15, 0.2) is 5.16 Å². The van der Waals surface area contributed by atoms with Crippen molar-refractivity contribution >= 4 is 23.4 Å². The molecule has 0 bridgehead atoms. The Morgan fingerprint density at radius 1 is 1.28 bits per heavy atom. The van der Waals surface area contributed by atoms with Crippen molar-refractivity contribution < 1.29 is 9.72 Å². The van der Waals surface area contributed by atoms with Gasteiger partial charge in [-0.2, -0.15) is 0 Å². The van der Waals surface area contributed by atoms with Gasteiger partial charge in [-0.25, -0.2) is 0 Å². The minimum Gasteiger partial charge on any atom is -0.352 e. The van der Waals surface area contributed by atoms with E-state index < -0.39 is 4.92 Å². The third-order valence-corrected chi connectivity index (χ3v) is 6.04. The molecule has 1 aliphatic heterocycles. The number of likely N-dealkylation sites (tertiary alicyclic amines) is 1. The number of benzene rings is 1. The SMILES string of the molecule is Cn1cnnc1Sc1ccc(C(=O)NCCCN2CCCCCC2)cc1[N+](=O)[O-]. The van der Waals surface area contributed by atoms with Crippen molar-refractivity contribution in [3.63, 3.8) is 0 Å². The number of nitro benzene ring substituents is 1. The lowest BCUT2D eigenvalue weighted by Gasteiger charge is -2.19.